The van der Waals surface area contributed by atoms with Crippen LogP contribution in [-0.2, 0) is 0 Å². The summed E-state index contributed by atoms with van der Waals surface area (Å²) in [6.07, 6.45) is 3.12. The summed E-state index contributed by atoms with van der Waals surface area (Å²) >= 11 is 4.45. The molecule has 1 fully saturated rings. The van der Waals surface area contributed by atoms with E-state index >= 15 is 0 Å². The van der Waals surface area contributed by atoms with Gasteiger partial charge in [-0.15, -0.1) is 0 Å². The van der Waals surface area contributed by atoms with Crippen LogP contribution in [0.15, 0.2) is 0 Å². The molecule has 1 rings (SSSR count). The molecule has 72 valence electrons. The van der Waals surface area contributed by atoms with E-state index < -0.39 is 5.60 Å². The molecule has 0 aliphatic heterocycles. The van der Waals surface area contributed by atoms with Crippen molar-refractivity contribution in [1.29, 1.82) is 0 Å². The van der Waals surface area contributed by atoms with Gasteiger partial charge < -0.3 is 5.11 Å². The Morgan fingerprint density at radius 1 is 1.50 bits per heavy atom. The second-order valence-electron chi connectivity index (χ2n) is 4.65. The van der Waals surface area contributed by atoms with Crippen LogP contribution >= 0.6 is 12.6 Å². The van der Waals surface area contributed by atoms with Crippen LogP contribution in [0.25, 0.3) is 0 Å². The van der Waals surface area contributed by atoms with E-state index in [0.29, 0.717) is 0 Å². The van der Waals surface area contributed by atoms with Crippen molar-refractivity contribution in [2.24, 2.45) is 11.8 Å². The summed E-state index contributed by atoms with van der Waals surface area (Å²) in [5.74, 6) is 1.49. The molecule has 0 radical (unpaired) electrons. The maximum absolute atomic E-state index is 9.87. The van der Waals surface area contributed by atoms with Crippen LogP contribution in [0, 0.1) is 11.8 Å². The van der Waals surface area contributed by atoms with Crippen molar-refractivity contribution >= 4 is 12.6 Å². The average molecular weight is 188 g/mol. The SMILES string of the molecule is CC(C)C1CCC(C)(O)C(S)C1. The molecule has 0 saturated heterocycles. The lowest BCUT2D eigenvalue weighted by atomic mass is 9.75. The lowest BCUT2D eigenvalue weighted by Gasteiger charge is -2.39. The highest BCUT2D eigenvalue weighted by Gasteiger charge is 2.36. The Bertz CT molecular complexity index is 154. The predicted octanol–water partition coefficient (Wildman–Crippen LogP) is 2.49. The van der Waals surface area contributed by atoms with E-state index in [2.05, 4.69) is 26.5 Å². The van der Waals surface area contributed by atoms with Gasteiger partial charge in [-0.2, -0.15) is 12.6 Å². The maximum Gasteiger partial charge on any atom is 0.0735 e. The van der Waals surface area contributed by atoms with E-state index in [9.17, 15) is 5.11 Å². The van der Waals surface area contributed by atoms with Crippen molar-refractivity contribution in [2.45, 2.75) is 50.9 Å². The molecule has 0 bridgehead atoms. The van der Waals surface area contributed by atoms with Crippen molar-refractivity contribution < 1.29 is 5.11 Å². The summed E-state index contributed by atoms with van der Waals surface area (Å²) < 4.78 is 0. The highest BCUT2D eigenvalue weighted by Crippen LogP contribution is 2.38. The van der Waals surface area contributed by atoms with Gasteiger partial charge in [0.15, 0.2) is 0 Å². The molecule has 2 heteroatoms. The molecule has 1 aliphatic rings. The molecule has 1 saturated carbocycles. The summed E-state index contributed by atoms with van der Waals surface area (Å²) in [7, 11) is 0. The summed E-state index contributed by atoms with van der Waals surface area (Å²) in [5, 5.41) is 10.0. The van der Waals surface area contributed by atoms with Crippen molar-refractivity contribution in [3.63, 3.8) is 0 Å². The second kappa shape index (κ2) is 3.59. The Balaban J connectivity index is 2.52. The number of rotatable bonds is 1. The van der Waals surface area contributed by atoms with E-state index in [4.69, 9.17) is 0 Å². The largest absolute Gasteiger partial charge is 0.389 e. The number of hydrogen-bond donors (Lipinski definition) is 2. The molecule has 3 unspecified atom stereocenters. The third-order valence-electron chi connectivity index (χ3n) is 3.21. The molecular formula is C10H20OS. The summed E-state index contributed by atoms with van der Waals surface area (Å²) in [6, 6.07) is 0. The van der Waals surface area contributed by atoms with E-state index in [0.717, 1.165) is 31.1 Å². The lowest BCUT2D eigenvalue weighted by molar-refractivity contribution is 0.00903. The fourth-order valence-electron chi connectivity index (χ4n) is 1.91. The van der Waals surface area contributed by atoms with Gasteiger partial charge >= 0.3 is 0 Å². The van der Waals surface area contributed by atoms with Crippen LogP contribution in [0.1, 0.15) is 40.0 Å². The van der Waals surface area contributed by atoms with Gasteiger partial charge in [-0.05, 0) is 38.0 Å². The molecule has 12 heavy (non-hydrogen) atoms. The molecule has 0 heterocycles. The standard InChI is InChI=1S/C10H20OS/c1-7(2)8-4-5-10(3,11)9(12)6-8/h7-9,11-12H,4-6H2,1-3H3. The van der Waals surface area contributed by atoms with Crippen LogP contribution in [0.2, 0.25) is 0 Å². The van der Waals surface area contributed by atoms with Crippen LogP contribution < -0.4 is 0 Å². The van der Waals surface area contributed by atoms with Gasteiger partial charge in [0, 0.05) is 5.25 Å². The zero-order chi connectivity index (χ0) is 9.35. The van der Waals surface area contributed by atoms with Crippen molar-refractivity contribution in [3.8, 4) is 0 Å². The minimum atomic E-state index is -0.533. The van der Waals surface area contributed by atoms with E-state index in [-0.39, 0.29) is 5.25 Å². The highest BCUT2D eigenvalue weighted by atomic mass is 32.1. The number of aliphatic hydroxyl groups is 1. The molecule has 3 atom stereocenters. The minimum absolute atomic E-state index is 0.165. The zero-order valence-corrected chi connectivity index (χ0v) is 9.14. The van der Waals surface area contributed by atoms with E-state index in [1.165, 1.54) is 0 Å². The van der Waals surface area contributed by atoms with Gasteiger partial charge in [0.1, 0.15) is 0 Å². The fourth-order valence-corrected chi connectivity index (χ4v) is 2.31. The molecule has 0 aromatic heterocycles. The van der Waals surface area contributed by atoms with Crippen LogP contribution in [-0.4, -0.2) is 16.0 Å². The number of thiol groups is 1. The Kier molecular flexibility index (Phi) is 3.11. The van der Waals surface area contributed by atoms with Crippen LogP contribution in [0.4, 0.5) is 0 Å². The first-order chi connectivity index (χ1) is 5.43. The lowest BCUT2D eigenvalue weighted by Crippen LogP contribution is -2.42. The van der Waals surface area contributed by atoms with Crippen molar-refractivity contribution in [2.75, 3.05) is 0 Å². The Hall–Kier alpha value is 0.310. The third kappa shape index (κ3) is 2.17. The first-order valence-electron chi connectivity index (χ1n) is 4.84. The summed E-state index contributed by atoms with van der Waals surface area (Å²) in [4.78, 5) is 0. The molecule has 1 nitrogen and oxygen atoms in total. The molecule has 0 amide bonds. The van der Waals surface area contributed by atoms with Gasteiger partial charge in [-0.25, -0.2) is 0 Å². The molecule has 1 N–H and O–H groups in total. The summed E-state index contributed by atoms with van der Waals surface area (Å²) in [5.41, 5.74) is -0.533. The van der Waals surface area contributed by atoms with Gasteiger partial charge in [0.2, 0.25) is 0 Å². The minimum Gasteiger partial charge on any atom is -0.389 e. The second-order valence-corrected chi connectivity index (χ2v) is 5.27. The predicted molar refractivity (Wildman–Crippen MR) is 55.6 cm³/mol. The number of hydrogen-bond acceptors (Lipinski definition) is 2. The topological polar surface area (TPSA) is 20.2 Å². The summed E-state index contributed by atoms with van der Waals surface area (Å²) in [6.45, 7) is 6.41. The van der Waals surface area contributed by atoms with Gasteiger partial charge in [0.25, 0.3) is 0 Å². The van der Waals surface area contributed by atoms with Crippen molar-refractivity contribution in [3.05, 3.63) is 0 Å². The van der Waals surface area contributed by atoms with E-state index in [1.54, 1.807) is 0 Å². The Morgan fingerprint density at radius 3 is 2.50 bits per heavy atom. The Morgan fingerprint density at radius 2 is 2.08 bits per heavy atom. The van der Waals surface area contributed by atoms with Gasteiger partial charge in [-0.3, -0.25) is 0 Å². The molecule has 0 aromatic rings. The van der Waals surface area contributed by atoms with Gasteiger partial charge in [-0.1, -0.05) is 13.8 Å². The molecule has 0 spiro atoms. The zero-order valence-electron chi connectivity index (χ0n) is 8.25. The van der Waals surface area contributed by atoms with Crippen LogP contribution in [0.5, 0.6) is 0 Å². The monoisotopic (exact) mass is 188 g/mol. The average Bonchev–Trinajstić information content (AvgIpc) is 1.94. The Labute approximate surface area is 81.0 Å². The third-order valence-corrected chi connectivity index (χ3v) is 3.98. The van der Waals surface area contributed by atoms with E-state index in [1.807, 2.05) is 6.92 Å². The van der Waals surface area contributed by atoms with Gasteiger partial charge in [0.05, 0.1) is 5.60 Å². The molecule has 1 aliphatic carbocycles. The molecule has 0 aromatic carbocycles. The first kappa shape index (κ1) is 10.4. The van der Waals surface area contributed by atoms with Crippen molar-refractivity contribution in [1.82, 2.24) is 0 Å². The highest BCUT2D eigenvalue weighted by molar-refractivity contribution is 7.81. The normalized spacial score (nSPS) is 43.5. The molecular weight excluding hydrogens is 168 g/mol. The smallest absolute Gasteiger partial charge is 0.0735 e. The first-order valence-corrected chi connectivity index (χ1v) is 5.35. The fraction of sp³-hybridized carbons (Fsp3) is 1.00. The maximum atomic E-state index is 9.87. The quantitative estimate of drug-likeness (QED) is 0.606. The van der Waals surface area contributed by atoms with Crippen LogP contribution in [0.3, 0.4) is 0 Å².